The highest BCUT2D eigenvalue weighted by Gasteiger charge is 2.15. The molecule has 0 radical (unpaired) electrons. The Morgan fingerprint density at radius 1 is 1.14 bits per heavy atom. The minimum atomic E-state index is -3.45. The van der Waals surface area contributed by atoms with Gasteiger partial charge in [-0.3, -0.25) is 0 Å². The summed E-state index contributed by atoms with van der Waals surface area (Å²) in [6, 6.07) is 14.4. The second kappa shape index (κ2) is 7.77. The molecule has 0 aliphatic rings. The molecule has 1 unspecified atom stereocenters. The Kier molecular flexibility index (Phi) is 6.26. The number of alkyl halides is 1. The first kappa shape index (κ1) is 17.7. The number of benzene rings is 2. The van der Waals surface area contributed by atoms with E-state index in [4.69, 9.17) is 11.6 Å². The fraction of sp³-hybridized carbons (Fsp3) is 0.250. The van der Waals surface area contributed by atoms with E-state index in [0.29, 0.717) is 22.9 Å². The molecule has 2 aromatic rings. The lowest BCUT2D eigenvalue weighted by atomic mass is 10.1. The summed E-state index contributed by atoms with van der Waals surface area (Å²) in [5, 5.41) is 0.711. The maximum atomic E-state index is 12.2. The largest absolute Gasteiger partial charge is 0.240 e. The molecule has 0 heterocycles. The summed E-state index contributed by atoms with van der Waals surface area (Å²) in [4.78, 5) is 0.292. The number of aryl methyl sites for hydroxylation is 1. The van der Waals surface area contributed by atoms with Gasteiger partial charge in [-0.15, -0.1) is 0 Å². The van der Waals surface area contributed by atoms with Crippen LogP contribution in [-0.4, -0.2) is 15.0 Å². The van der Waals surface area contributed by atoms with Crippen LogP contribution in [0.2, 0.25) is 5.02 Å². The highest BCUT2D eigenvalue weighted by Crippen LogP contribution is 2.32. The zero-order valence-corrected chi connectivity index (χ0v) is 15.8. The van der Waals surface area contributed by atoms with Crippen LogP contribution in [0.25, 0.3) is 0 Å². The van der Waals surface area contributed by atoms with Crippen LogP contribution in [0, 0.1) is 6.92 Å². The number of sulfonamides is 1. The molecule has 0 aliphatic carbocycles. The van der Waals surface area contributed by atoms with Crippen LogP contribution in [0.3, 0.4) is 0 Å². The van der Waals surface area contributed by atoms with E-state index in [2.05, 4.69) is 27.3 Å². The molecule has 0 aliphatic heterocycles. The first-order chi connectivity index (χ1) is 10.4. The second-order valence-corrected chi connectivity index (χ2v) is 8.67. The molecule has 0 bridgehead atoms. The number of nitrogens with one attached hydrogen (secondary N) is 1. The third kappa shape index (κ3) is 4.68. The zero-order chi connectivity index (χ0) is 16.2. The Morgan fingerprint density at radius 2 is 1.77 bits per heavy atom. The van der Waals surface area contributed by atoms with Crippen molar-refractivity contribution in [2.75, 3.05) is 6.54 Å². The molecular formula is C16H17ClINO2S. The number of hydrogen-bond acceptors (Lipinski definition) is 2. The maximum Gasteiger partial charge on any atom is 0.240 e. The molecule has 0 aromatic heterocycles. The Bertz CT molecular complexity index is 732. The molecular weight excluding hydrogens is 433 g/mol. The van der Waals surface area contributed by atoms with Crippen molar-refractivity contribution < 1.29 is 8.42 Å². The van der Waals surface area contributed by atoms with E-state index in [1.54, 1.807) is 24.3 Å². The Labute approximate surface area is 150 Å². The van der Waals surface area contributed by atoms with E-state index in [0.717, 1.165) is 11.1 Å². The quantitative estimate of drug-likeness (QED) is 0.522. The Morgan fingerprint density at radius 3 is 2.41 bits per heavy atom. The molecule has 1 atom stereocenters. The van der Waals surface area contributed by atoms with Gasteiger partial charge in [0.05, 0.1) is 4.90 Å². The average Bonchev–Trinajstić information content (AvgIpc) is 2.48. The van der Waals surface area contributed by atoms with E-state index >= 15 is 0 Å². The van der Waals surface area contributed by atoms with Crippen molar-refractivity contribution >= 4 is 44.2 Å². The topological polar surface area (TPSA) is 46.2 Å². The van der Waals surface area contributed by atoms with Crippen molar-refractivity contribution in [2.24, 2.45) is 0 Å². The van der Waals surface area contributed by atoms with Gasteiger partial charge in [-0.2, -0.15) is 0 Å². The van der Waals surface area contributed by atoms with Crippen LogP contribution in [0.4, 0.5) is 0 Å². The molecule has 6 heteroatoms. The number of rotatable bonds is 6. The average molecular weight is 450 g/mol. The normalized spacial score (nSPS) is 13.0. The lowest BCUT2D eigenvalue weighted by Gasteiger charge is -2.13. The van der Waals surface area contributed by atoms with Gasteiger partial charge in [0.1, 0.15) is 0 Å². The van der Waals surface area contributed by atoms with Crippen molar-refractivity contribution in [3.05, 3.63) is 64.7 Å². The first-order valence-electron chi connectivity index (χ1n) is 6.85. The molecule has 0 spiro atoms. The van der Waals surface area contributed by atoms with Crippen LogP contribution in [0.15, 0.2) is 53.4 Å². The summed E-state index contributed by atoms with van der Waals surface area (Å²) < 4.78 is 27.2. The predicted octanol–water partition coefficient (Wildman–Crippen LogP) is 4.49. The lowest BCUT2D eigenvalue weighted by Crippen LogP contribution is -2.25. The van der Waals surface area contributed by atoms with Gasteiger partial charge in [-0.05, 0) is 37.1 Å². The summed E-state index contributed by atoms with van der Waals surface area (Å²) >= 11 is 8.44. The van der Waals surface area contributed by atoms with Gasteiger partial charge in [-0.25, -0.2) is 13.1 Å². The minimum absolute atomic E-state index is 0.159. The van der Waals surface area contributed by atoms with Crippen LogP contribution in [0.5, 0.6) is 0 Å². The van der Waals surface area contributed by atoms with Crippen molar-refractivity contribution in [3.8, 4) is 0 Å². The van der Waals surface area contributed by atoms with Crippen LogP contribution >= 0.6 is 34.2 Å². The van der Waals surface area contributed by atoms with E-state index in [1.165, 1.54) is 0 Å². The van der Waals surface area contributed by atoms with E-state index in [9.17, 15) is 8.42 Å². The summed E-state index contributed by atoms with van der Waals surface area (Å²) in [6.07, 6.45) is 0.676. The van der Waals surface area contributed by atoms with Crippen LogP contribution in [0.1, 0.15) is 21.5 Å². The molecule has 118 valence electrons. The zero-order valence-electron chi connectivity index (χ0n) is 12.1. The standard InChI is InChI=1S/C16H17ClINO2S/c1-12-6-8-13(9-7-12)22(20,21)19-11-10-16(18)14-4-2-3-5-15(14)17/h2-9,16,19H,10-11H2,1H3. The van der Waals surface area contributed by atoms with Gasteiger partial charge in [0.2, 0.25) is 10.0 Å². The highest BCUT2D eigenvalue weighted by atomic mass is 127. The first-order valence-corrected chi connectivity index (χ1v) is 9.95. The summed E-state index contributed by atoms with van der Waals surface area (Å²) in [5.74, 6) is 0. The Hall–Kier alpha value is -0.630. The molecule has 3 nitrogen and oxygen atoms in total. The highest BCUT2D eigenvalue weighted by molar-refractivity contribution is 14.1. The fourth-order valence-electron chi connectivity index (χ4n) is 2.01. The van der Waals surface area contributed by atoms with Crippen molar-refractivity contribution in [2.45, 2.75) is 22.2 Å². The van der Waals surface area contributed by atoms with Crippen molar-refractivity contribution in [1.29, 1.82) is 0 Å². The number of halogens is 2. The Balaban J connectivity index is 1.95. The SMILES string of the molecule is Cc1ccc(S(=O)(=O)NCCC(I)c2ccccc2Cl)cc1. The molecule has 1 N–H and O–H groups in total. The van der Waals surface area contributed by atoms with Crippen molar-refractivity contribution in [3.63, 3.8) is 0 Å². The van der Waals surface area contributed by atoms with Gasteiger partial charge in [0, 0.05) is 15.5 Å². The van der Waals surface area contributed by atoms with E-state index < -0.39 is 10.0 Å². The molecule has 0 fully saturated rings. The molecule has 22 heavy (non-hydrogen) atoms. The molecule has 0 amide bonds. The molecule has 2 aromatic carbocycles. The number of hydrogen-bond donors (Lipinski definition) is 1. The molecule has 0 saturated heterocycles. The molecule has 2 rings (SSSR count). The lowest BCUT2D eigenvalue weighted by molar-refractivity contribution is 0.579. The summed E-state index contributed by atoms with van der Waals surface area (Å²) in [7, 11) is -3.45. The van der Waals surface area contributed by atoms with E-state index in [1.807, 2.05) is 31.2 Å². The van der Waals surface area contributed by atoms with Gasteiger partial charge in [-0.1, -0.05) is 70.1 Å². The molecule has 0 saturated carbocycles. The van der Waals surface area contributed by atoms with Crippen molar-refractivity contribution in [1.82, 2.24) is 4.72 Å². The smallest absolute Gasteiger partial charge is 0.211 e. The van der Waals surface area contributed by atoms with Gasteiger partial charge in [0.15, 0.2) is 0 Å². The maximum absolute atomic E-state index is 12.2. The van der Waals surface area contributed by atoms with Crippen LogP contribution in [-0.2, 0) is 10.0 Å². The monoisotopic (exact) mass is 449 g/mol. The fourth-order valence-corrected chi connectivity index (χ4v) is 4.36. The summed E-state index contributed by atoms with van der Waals surface area (Å²) in [5.41, 5.74) is 2.06. The van der Waals surface area contributed by atoms with Gasteiger partial charge >= 0.3 is 0 Å². The second-order valence-electron chi connectivity index (χ2n) is 4.99. The summed E-state index contributed by atoms with van der Waals surface area (Å²) in [6.45, 7) is 2.29. The minimum Gasteiger partial charge on any atom is -0.211 e. The van der Waals surface area contributed by atoms with Crippen LogP contribution < -0.4 is 4.72 Å². The predicted molar refractivity (Wildman–Crippen MR) is 99.2 cm³/mol. The van der Waals surface area contributed by atoms with E-state index in [-0.39, 0.29) is 3.92 Å². The third-order valence-electron chi connectivity index (χ3n) is 3.26. The third-order valence-corrected chi connectivity index (χ3v) is 6.38. The van der Waals surface area contributed by atoms with Gasteiger partial charge in [0.25, 0.3) is 0 Å². The van der Waals surface area contributed by atoms with Gasteiger partial charge < -0.3 is 0 Å².